The molecule has 138 valence electrons. The lowest BCUT2D eigenvalue weighted by atomic mass is 10.1. The molecule has 0 saturated heterocycles. The Balaban J connectivity index is 1.46. The lowest BCUT2D eigenvalue weighted by Gasteiger charge is -2.16. The van der Waals surface area contributed by atoms with E-state index in [0.29, 0.717) is 5.69 Å². The van der Waals surface area contributed by atoms with Crippen molar-refractivity contribution in [1.82, 2.24) is 4.31 Å². The Morgan fingerprint density at radius 3 is 2.63 bits per heavy atom. The Morgan fingerprint density at radius 2 is 1.85 bits per heavy atom. The number of amides is 1. The van der Waals surface area contributed by atoms with E-state index in [1.165, 1.54) is 29.8 Å². The van der Waals surface area contributed by atoms with Crippen molar-refractivity contribution >= 4 is 33.0 Å². The zero-order valence-electron chi connectivity index (χ0n) is 14.7. The number of carbonyl (C=O) groups excluding carboxylic acids is 1. The highest BCUT2D eigenvalue weighted by Crippen LogP contribution is 2.37. The Labute approximate surface area is 162 Å². The average Bonchev–Trinajstić information content (AvgIpc) is 3.29. The van der Waals surface area contributed by atoms with Crippen LogP contribution in [0.1, 0.15) is 11.1 Å². The molecule has 0 saturated carbocycles. The Morgan fingerprint density at radius 1 is 1.07 bits per heavy atom. The lowest BCUT2D eigenvalue weighted by Crippen LogP contribution is -2.34. The van der Waals surface area contributed by atoms with Gasteiger partial charge in [-0.2, -0.15) is 4.31 Å². The van der Waals surface area contributed by atoms with E-state index in [2.05, 4.69) is 17.4 Å². The third kappa shape index (κ3) is 3.41. The van der Waals surface area contributed by atoms with Gasteiger partial charge in [0.05, 0.1) is 6.54 Å². The third-order valence-electron chi connectivity index (χ3n) is 4.60. The minimum Gasteiger partial charge on any atom is -0.325 e. The first kappa shape index (κ1) is 17.9. The van der Waals surface area contributed by atoms with Gasteiger partial charge in [-0.05, 0) is 52.3 Å². The van der Waals surface area contributed by atoms with Crippen LogP contribution in [-0.2, 0) is 21.2 Å². The second-order valence-electron chi connectivity index (χ2n) is 6.45. The van der Waals surface area contributed by atoms with Crippen molar-refractivity contribution in [2.75, 3.05) is 18.9 Å². The average molecular weight is 399 g/mol. The Bertz CT molecular complexity index is 1110. The first-order valence-electron chi connectivity index (χ1n) is 8.46. The van der Waals surface area contributed by atoms with Gasteiger partial charge in [-0.3, -0.25) is 4.79 Å². The summed E-state index contributed by atoms with van der Waals surface area (Å²) in [5.41, 5.74) is 5.52. The van der Waals surface area contributed by atoms with Gasteiger partial charge in [-0.1, -0.05) is 36.4 Å². The summed E-state index contributed by atoms with van der Waals surface area (Å²) in [6.07, 6.45) is 0.835. The van der Waals surface area contributed by atoms with Gasteiger partial charge in [0.2, 0.25) is 5.91 Å². The molecular formula is C20H18N2O3S2. The van der Waals surface area contributed by atoms with E-state index in [-0.39, 0.29) is 16.7 Å². The number of benzene rings is 2. The summed E-state index contributed by atoms with van der Waals surface area (Å²) < 4.78 is 26.1. The summed E-state index contributed by atoms with van der Waals surface area (Å²) in [6, 6.07) is 17.3. The van der Waals surface area contributed by atoms with Gasteiger partial charge < -0.3 is 5.32 Å². The monoisotopic (exact) mass is 398 g/mol. The third-order valence-corrected chi connectivity index (χ3v) is 7.78. The minimum absolute atomic E-state index is 0.230. The highest BCUT2D eigenvalue weighted by atomic mass is 32.2. The van der Waals surface area contributed by atoms with Crippen LogP contribution in [-0.4, -0.2) is 32.2 Å². The number of rotatable bonds is 5. The zero-order valence-corrected chi connectivity index (χ0v) is 16.3. The summed E-state index contributed by atoms with van der Waals surface area (Å²) in [5.74, 6) is -0.368. The van der Waals surface area contributed by atoms with Crippen molar-refractivity contribution in [1.29, 1.82) is 0 Å². The van der Waals surface area contributed by atoms with Crippen LogP contribution >= 0.6 is 11.3 Å². The summed E-state index contributed by atoms with van der Waals surface area (Å²) in [6.45, 7) is -0.239. The molecule has 1 heterocycles. The number of likely N-dealkylation sites (N-methyl/N-ethyl adjacent to an activating group) is 1. The Kier molecular flexibility index (Phi) is 4.59. The molecule has 0 unspecified atom stereocenters. The molecule has 0 radical (unpaired) electrons. The molecule has 1 amide bonds. The summed E-state index contributed by atoms with van der Waals surface area (Å²) in [5, 5.41) is 4.50. The van der Waals surface area contributed by atoms with E-state index >= 15 is 0 Å². The van der Waals surface area contributed by atoms with E-state index in [4.69, 9.17) is 0 Å². The van der Waals surface area contributed by atoms with Crippen LogP contribution in [0.4, 0.5) is 5.69 Å². The molecule has 4 rings (SSSR count). The molecule has 3 aromatic rings. The van der Waals surface area contributed by atoms with Crippen LogP contribution < -0.4 is 5.32 Å². The lowest BCUT2D eigenvalue weighted by molar-refractivity contribution is -0.116. The number of nitrogens with zero attached hydrogens (tertiary/aromatic N) is 1. The van der Waals surface area contributed by atoms with Crippen molar-refractivity contribution in [2.24, 2.45) is 0 Å². The molecule has 1 aromatic heterocycles. The smallest absolute Gasteiger partial charge is 0.252 e. The number of hydrogen-bond donors (Lipinski definition) is 1. The number of nitrogens with one attached hydrogen (secondary N) is 1. The molecule has 1 aliphatic rings. The summed E-state index contributed by atoms with van der Waals surface area (Å²) >= 11 is 1.14. The van der Waals surface area contributed by atoms with Crippen LogP contribution in [0.25, 0.3) is 11.1 Å². The predicted octanol–water partition coefficient (Wildman–Crippen LogP) is 3.58. The van der Waals surface area contributed by atoms with Crippen LogP contribution in [0.2, 0.25) is 0 Å². The van der Waals surface area contributed by atoms with Crippen molar-refractivity contribution in [2.45, 2.75) is 10.6 Å². The van der Waals surface area contributed by atoms with Gasteiger partial charge in [0.1, 0.15) is 4.21 Å². The summed E-state index contributed by atoms with van der Waals surface area (Å²) in [7, 11) is -2.23. The molecular weight excluding hydrogens is 380 g/mol. The molecule has 7 heteroatoms. The fourth-order valence-electron chi connectivity index (χ4n) is 3.27. The van der Waals surface area contributed by atoms with E-state index in [1.807, 2.05) is 30.3 Å². The van der Waals surface area contributed by atoms with Crippen LogP contribution in [0, 0.1) is 0 Å². The topological polar surface area (TPSA) is 66.5 Å². The molecule has 0 fully saturated rings. The standard InChI is InChI=1S/C20H18N2O3S2/c1-22(27(24,25)20-7-4-10-26-20)13-19(23)21-16-8-9-18-15(12-16)11-14-5-2-3-6-17(14)18/h2-10,12H,11,13H2,1H3,(H,21,23). The molecule has 2 aromatic carbocycles. The van der Waals surface area contributed by atoms with Crippen molar-refractivity contribution in [3.05, 3.63) is 71.1 Å². The van der Waals surface area contributed by atoms with E-state index in [1.54, 1.807) is 11.4 Å². The van der Waals surface area contributed by atoms with Crippen molar-refractivity contribution in [3.8, 4) is 11.1 Å². The molecule has 1 aliphatic carbocycles. The number of sulfonamides is 1. The van der Waals surface area contributed by atoms with Crippen LogP contribution in [0.5, 0.6) is 0 Å². The molecule has 0 spiro atoms. The fraction of sp³-hybridized carbons (Fsp3) is 0.150. The SMILES string of the molecule is CN(CC(=O)Nc1ccc2c(c1)Cc1ccccc1-2)S(=O)(=O)c1cccs1. The largest absolute Gasteiger partial charge is 0.325 e. The highest BCUT2D eigenvalue weighted by molar-refractivity contribution is 7.91. The first-order valence-corrected chi connectivity index (χ1v) is 10.8. The quantitative estimate of drug-likeness (QED) is 0.559. The summed E-state index contributed by atoms with van der Waals surface area (Å²) in [4.78, 5) is 12.3. The zero-order chi connectivity index (χ0) is 19.0. The van der Waals surface area contributed by atoms with Crippen LogP contribution in [0.15, 0.2) is 64.2 Å². The van der Waals surface area contributed by atoms with Gasteiger partial charge in [-0.25, -0.2) is 8.42 Å². The maximum absolute atomic E-state index is 12.4. The van der Waals surface area contributed by atoms with Gasteiger partial charge >= 0.3 is 0 Å². The van der Waals surface area contributed by atoms with Crippen molar-refractivity contribution < 1.29 is 13.2 Å². The molecule has 0 atom stereocenters. The van der Waals surface area contributed by atoms with Crippen molar-refractivity contribution in [3.63, 3.8) is 0 Å². The predicted molar refractivity (Wildman–Crippen MR) is 107 cm³/mol. The number of hydrogen-bond acceptors (Lipinski definition) is 4. The number of fused-ring (bicyclic) bond motifs is 3. The Hall–Kier alpha value is -2.48. The molecule has 1 N–H and O–H groups in total. The van der Waals surface area contributed by atoms with Gasteiger partial charge in [0.25, 0.3) is 10.0 Å². The van der Waals surface area contributed by atoms with E-state index < -0.39 is 10.0 Å². The molecule has 0 aliphatic heterocycles. The first-order chi connectivity index (χ1) is 12.9. The molecule has 27 heavy (non-hydrogen) atoms. The normalized spacial score (nSPS) is 12.7. The molecule has 5 nitrogen and oxygen atoms in total. The van der Waals surface area contributed by atoms with Gasteiger partial charge in [0.15, 0.2) is 0 Å². The highest BCUT2D eigenvalue weighted by Gasteiger charge is 2.24. The maximum Gasteiger partial charge on any atom is 0.252 e. The molecule has 0 bridgehead atoms. The van der Waals surface area contributed by atoms with Crippen LogP contribution in [0.3, 0.4) is 0 Å². The second kappa shape index (κ2) is 6.92. The fourth-order valence-corrected chi connectivity index (χ4v) is 5.60. The van der Waals surface area contributed by atoms with E-state index in [0.717, 1.165) is 27.6 Å². The minimum atomic E-state index is -3.64. The number of thiophene rings is 1. The number of carbonyl (C=O) groups is 1. The van der Waals surface area contributed by atoms with Gasteiger partial charge in [0, 0.05) is 12.7 Å². The number of anilines is 1. The van der Waals surface area contributed by atoms with Gasteiger partial charge in [-0.15, -0.1) is 11.3 Å². The maximum atomic E-state index is 12.4. The second-order valence-corrected chi connectivity index (χ2v) is 9.67. The van der Waals surface area contributed by atoms with E-state index in [9.17, 15) is 13.2 Å².